The summed E-state index contributed by atoms with van der Waals surface area (Å²) < 4.78 is 37.5. The fourth-order valence-corrected chi connectivity index (χ4v) is 4.16. The first kappa shape index (κ1) is 17.7. The number of hydrogen-bond acceptors (Lipinski definition) is 4. The number of nitrogens with one attached hydrogen (secondary N) is 1. The van der Waals surface area contributed by atoms with Crippen molar-refractivity contribution in [2.75, 3.05) is 17.7 Å². The number of fused-ring (bicyclic) bond motifs is 1. The van der Waals surface area contributed by atoms with Crippen molar-refractivity contribution in [2.45, 2.75) is 24.9 Å². The van der Waals surface area contributed by atoms with E-state index in [1.54, 1.807) is 24.4 Å². The van der Waals surface area contributed by atoms with Gasteiger partial charge in [-0.05, 0) is 42.3 Å². The first-order chi connectivity index (χ1) is 12.8. The van der Waals surface area contributed by atoms with Crippen LogP contribution in [-0.2, 0) is 22.8 Å². The first-order valence-corrected chi connectivity index (χ1v) is 10.6. The summed E-state index contributed by atoms with van der Waals surface area (Å²) in [6, 6.07) is 10.3. The van der Waals surface area contributed by atoms with E-state index in [4.69, 9.17) is 0 Å². The number of sulfone groups is 1. The zero-order valence-corrected chi connectivity index (χ0v) is 16.0. The number of aromatic amines is 1. The predicted molar refractivity (Wildman–Crippen MR) is 103 cm³/mol. The van der Waals surface area contributed by atoms with Gasteiger partial charge in [0.2, 0.25) is 0 Å². The number of H-pyrrole nitrogens is 1. The van der Waals surface area contributed by atoms with Crippen LogP contribution >= 0.6 is 0 Å². The molecule has 3 aromatic rings. The third kappa shape index (κ3) is 3.35. The van der Waals surface area contributed by atoms with Gasteiger partial charge in [-0.2, -0.15) is 0 Å². The van der Waals surface area contributed by atoms with E-state index in [1.165, 1.54) is 6.07 Å². The van der Waals surface area contributed by atoms with Gasteiger partial charge in [-0.25, -0.2) is 17.8 Å². The molecule has 0 saturated carbocycles. The van der Waals surface area contributed by atoms with Crippen LogP contribution in [-0.4, -0.2) is 31.2 Å². The molecule has 0 spiro atoms. The van der Waals surface area contributed by atoms with Gasteiger partial charge in [-0.3, -0.25) is 0 Å². The number of benzene rings is 1. The third-order valence-electron chi connectivity index (χ3n) is 4.93. The highest BCUT2D eigenvalue weighted by Crippen LogP contribution is 2.31. The zero-order valence-electron chi connectivity index (χ0n) is 15.2. The molecule has 140 valence electrons. The van der Waals surface area contributed by atoms with E-state index in [-0.39, 0.29) is 10.8 Å². The second-order valence-electron chi connectivity index (χ2n) is 6.92. The van der Waals surface area contributed by atoms with Gasteiger partial charge in [0, 0.05) is 42.7 Å². The minimum Gasteiger partial charge on any atom is -0.365 e. The Morgan fingerprint density at radius 3 is 2.70 bits per heavy atom. The van der Waals surface area contributed by atoms with Crippen LogP contribution in [0.4, 0.5) is 10.1 Å². The zero-order chi connectivity index (χ0) is 19.2. The number of halogens is 1. The third-order valence-corrected chi connectivity index (χ3v) is 5.91. The second-order valence-corrected chi connectivity index (χ2v) is 8.88. The lowest BCUT2D eigenvalue weighted by Crippen LogP contribution is -2.30. The van der Waals surface area contributed by atoms with Gasteiger partial charge in [0.1, 0.15) is 5.82 Å². The largest absolute Gasteiger partial charge is 0.365 e. The van der Waals surface area contributed by atoms with Crippen molar-refractivity contribution in [3.63, 3.8) is 0 Å². The van der Waals surface area contributed by atoms with Crippen LogP contribution in [0.15, 0.2) is 47.6 Å². The highest BCUT2D eigenvalue weighted by atomic mass is 32.2. The molecule has 0 atom stereocenters. The number of anilines is 1. The smallest absolute Gasteiger partial charge is 0.192 e. The number of aromatic nitrogens is 2. The molecule has 1 aliphatic heterocycles. The van der Waals surface area contributed by atoms with Gasteiger partial charge in [0.25, 0.3) is 0 Å². The SMILES string of the molecule is Cc1cc(S(C)(=O)=O)ncc1N1CCc2[nH]c(-c3ccccc3F)cc2C1. The molecule has 1 aliphatic rings. The Morgan fingerprint density at radius 1 is 1.22 bits per heavy atom. The van der Waals surface area contributed by atoms with Crippen LogP contribution in [0.2, 0.25) is 0 Å². The van der Waals surface area contributed by atoms with E-state index in [0.717, 1.165) is 47.4 Å². The van der Waals surface area contributed by atoms with Crippen molar-refractivity contribution in [3.05, 3.63) is 65.2 Å². The van der Waals surface area contributed by atoms with Crippen molar-refractivity contribution in [2.24, 2.45) is 0 Å². The van der Waals surface area contributed by atoms with E-state index in [2.05, 4.69) is 14.9 Å². The average molecular weight is 385 g/mol. The second kappa shape index (κ2) is 6.49. The fourth-order valence-electron chi connectivity index (χ4n) is 3.52. The molecule has 1 N–H and O–H groups in total. The van der Waals surface area contributed by atoms with Crippen LogP contribution in [0.25, 0.3) is 11.3 Å². The van der Waals surface area contributed by atoms with Crippen LogP contribution in [0.3, 0.4) is 0 Å². The van der Waals surface area contributed by atoms with Gasteiger partial charge < -0.3 is 9.88 Å². The molecule has 27 heavy (non-hydrogen) atoms. The molecule has 0 bridgehead atoms. The molecule has 0 aliphatic carbocycles. The number of pyridine rings is 1. The van der Waals surface area contributed by atoms with E-state index in [1.807, 2.05) is 19.1 Å². The highest BCUT2D eigenvalue weighted by molar-refractivity contribution is 7.90. The minimum atomic E-state index is -3.32. The van der Waals surface area contributed by atoms with Gasteiger partial charge in [-0.15, -0.1) is 0 Å². The first-order valence-electron chi connectivity index (χ1n) is 8.70. The summed E-state index contributed by atoms with van der Waals surface area (Å²) in [7, 11) is -3.32. The lowest BCUT2D eigenvalue weighted by molar-refractivity contribution is 0.598. The lowest BCUT2D eigenvalue weighted by Gasteiger charge is -2.30. The Morgan fingerprint density at radius 2 is 2.00 bits per heavy atom. The molecular formula is C20H20FN3O2S. The summed E-state index contributed by atoms with van der Waals surface area (Å²) in [6.07, 6.45) is 3.59. The number of aryl methyl sites for hydroxylation is 1. The minimum absolute atomic E-state index is 0.0879. The monoisotopic (exact) mass is 385 g/mol. The van der Waals surface area contributed by atoms with Crippen molar-refractivity contribution in [1.82, 2.24) is 9.97 Å². The summed E-state index contributed by atoms with van der Waals surface area (Å²) in [5.41, 5.74) is 5.37. The molecule has 0 amide bonds. The van der Waals surface area contributed by atoms with Crippen molar-refractivity contribution < 1.29 is 12.8 Å². The topological polar surface area (TPSA) is 66.1 Å². The average Bonchev–Trinajstić information content (AvgIpc) is 3.04. The van der Waals surface area contributed by atoms with E-state index in [0.29, 0.717) is 12.1 Å². The van der Waals surface area contributed by atoms with E-state index in [9.17, 15) is 12.8 Å². The van der Waals surface area contributed by atoms with Crippen LogP contribution in [0.5, 0.6) is 0 Å². The summed E-state index contributed by atoms with van der Waals surface area (Å²) in [4.78, 5) is 9.64. The van der Waals surface area contributed by atoms with Crippen molar-refractivity contribution in [3.8, 4) is 11.3 Å². The molecule has 0 unspecified atom stereocenters. The highest BCUT2D eigenvalue weighted by Gasteiger charge is 2.22. The standard InChI is InChI=1S/C20H20FN3O2S/c1-13-9-20(27(2,25)26)22-11-19(13)24-8-7-17-14(12-24)10-18(23-17)15-5-3-4-6-16(15)21/h3-6,9-11,23H,7-8,12H2,1-2H3. The fraction of sp³-hybridized carbons (Fsp3) is 0.250. The Bertz CT molecular complexity index is 1120. The predicted octanol–water partition coefficient (Wildman–Crippen LogP) is 3.49. The van der Waals surface area contributed by atoms with Crippen LogP contribution in [0.1, 0.15) is 16.8 Å². The molecule has 3 heterocycles. The Labute approximate surface area is 157 Å². The maximum absolute atomic E-state index is 14.1. The molecule has 0 saturated heterocycles. The van der Waals surface area contributed by atoms with Crippen LogP contribution < -0.4 is 4.90 Å². The lowest BCUT2D eigenvalue weighted by atomic mass is 10.1. The number of nitrogens with zero attached hydrogens (tertiary/aromatic N) is 2. The molecule has 7 heteroatoms. The van der Waals surface area contributed by atoms with Crippen molar-refractivity contribution in [1.29, 1.82) is 0 Å². The van der Waals surface area contributed by atoms with Crippen LogP contribution in [0, 0.1) is 12.7 Å². The molecule has 1 aromatic carbocycles. The van der Waals surface area contributed by atoms with Gasteiger partial charge in [-0.1, -0.05) is 12.1 Å². The Balaban J connectivity index is 1.63. The van der Waals surface area contributed by atoms with Crippen molar-refractivity contribution >= 4 is 15.5 Å². The summed E-state index contributed by atoms with van der Waals surface area (Å²) >= 11 is 0. The number of hydrogen-bond donors (Lipinski definition) is 1. The quantitative estimate of drug-likeness (QED) is 0.750. The summed E-state index contributed by atoms with van der Waals surface area (Å²) in [6.45, 7) is 3.34. The Kier molecular flexibility index (Phi) is 4.26. The summed E-state index contributed by atoms with van der Waals surface area (Å²) in [5, 5.41) is 0.0879. The maximum Gasteiger partial charge on any atom is 0.192 e. The summed E-state index contributed by atoms with van der Waals surface area (Å²) in [5.74, 6) is -0.246. The van der Waals surface area contributed by atoms with Gasteiger partial charge in [0.15, 0.2) is 14.9 Å². The normalized spacial score (nSPS) is 14.3. The molecule has 0 fully saturated rings. The molecule has 5 nitrogen and oxygen atoms in total. The van der Waals surface area contributed by atoms with Gasteiger partial charge in [0.05, 0.1) is 11.9 Å². The van der Waals surface area contributed by atoms with E-state index >= 15 is 0 Å². The Hall–Kier alpha value is -2.67. The molecule has 4 rings (SSSR count). The molecular weight excluding hydrogens is 365 g/mol. The maximum atomic E-state index is 14.1. The molecule has 0 radical (unpaired) electrons. The number of rotatable bonds is 3. The van der Waals surface area contributed by atoms with E-state index < -0.39 is 9.84 Å². The van der Waals surface area contributed by atoms with Gasteiger partial charge >= 0.3 is 0 Å². The molecule has 2 aromatic heterocycles.